The lowest BCUT2D eigenvalue weighted by molar-refractivity contribution is -0.160. The summed E-state index contributed by atoms with van der Waals surface area (Å²) in [6.45, 7) is 5.10. The Balaban J connectivity index is 1.67. The second-order valence-electron chi connectivity index (χ2n) is 7.31. The van der Waals surface area contributed by atoms with Crippen LogP contribution in [0.25, 0.3) is 6.08 Å². The van der Waals surface area contributed by atoms with Gasteiger partial charge in [-0.1, -0.05) is 65.6 Å². The highest BCUT2D eigenvalue weighted by Gasteiger charge is 2.43. The number of esters is 1. The summed E-state index contributed by atoms with van der Waals surface area (Å²) in [4.78, 5) is 27.5. The van der Waals surface area contributed by atoms with Crippen LogP contribution >= 0.6 is 23.1 Å². The molecule has 160 valence electrons. The minimum absolute atomic E-state index is 0.0215. The second kappa shape index (κ2) is 10.7. The van der Waals surface area contributed by atoms with Gasteiger partial charge in [0.2, 0.25) is 5.91 Å². The van der Waals surface area contributed by atoms with Crippen LogP contribution in [0.4, 0.5) is 0 Å². The summed E-state index contributed by atoms with van der Waals surface area (Å²) in [5.41, 5.74) is 0.392. The molecule has 1 aromatic carbocycles. The third kappa shape index (κ3) is 5.92. The van der Waals surface area contributed by atoms with E-state index in [1.807, 2.05) is 56.3 Å². The zero-order valence-corrected chi connectivity index (χ0v) is 19.0. The number of nitrogens with zero attached hydrogens (tertiary/aromatic N) is 3. The zero-order chi connectivity index (χ0) is 21.4. The van der Waals surface area contributed by atoms with Gasteiger partial charge in [-0.25, -0.2) is 0 Å². The fourth-order valence-corrected chi connectivity index (χ4v) is 5.30. The van der Waals surface area contributed by atoms with Crippen LogP contribution in [0.3, 0.4) is 0 Å². The number of carbonyl (C=O) groups is 2. The number of hydrogen-bond donors (Lipinski definition) is 0. The number of benzene rings is 1. The maximum atomic E-state index is 12.9. The maximum Gasteiger partial charge on any atom is 0.314 e. The van der Waals surface area contributed by atoms with Crippen LogP contribution < -0.4 is 0 Å². The van der Waals surface area contributed by atoms with Crippen molar-refractivity contribution in [2.24, 2.45) is 5.41 Å². The number of ether oxygens (including phenoxy) is 1. The fourth-order valence-electron chi connectivity index (χ4n) is 3.58. The largest absolute Gasteiger partial charge is 0.466 e. The van der Waals surface area contributed by atoms with Crippen molar-refractivity contribution in [2.75, 3.05) is 25.4 Å². The number of piperidine rings is 1. The van der Waals surface area contributed by atoms with Crippen LogP contribution in [0.1, 0.15) is 36.8 Å². The Morgan fingerprint density at radius 3 is 2.80 bits per heavy atom. The minimum Gasteiger partial charge on any atom is -0.466 e. The van der Waals surface area contributed by atoms with Gasteiger partial charge in [-0.3, -0.25) is 9.59 Å². The van der Waals surface area contributed by atoms with E-state index in [0.717, 1.165) is 27.8 Å². The molecule has 0 bridgehead atoms. The van der Waals surface area contributed by atoms with Crippen molar-refractivity contribution in [3.05, 3.63) is 47.0 Å². The lowest BCUT2D eigenvalue weighted by Crippen LogP contribution is -2.50. The van der Waals surface area contributed by atoms with E-state index in [2.05, 4.69) is 10.2 Å². The third-order valence-corrected chi connectivity index (χ3v) is 7.04. The average Bonchev–Trinajstić information content (AvgIpc) is 3.18. The van der Waals surface area contributed by atoms with Gasteiger partial charge in [-0.2, -0.15) is 0 Å². The molecule has 1 atom stereocenters. The van der Waals surface area contributed by atoms with E-state index in [1.54, 1.807) is 4.90 Å². The fraction of sp³-hybridized carbons (Fsp3) is 0.455. The van der Waals surface area contributed by atoms with Crippen molar-refractivity contribution >= 4 is 41.1 Å². The SMILES string of the molecule is CCOC(=O)[C@@]1(C/C=C/c2ccccc2)CCCN(C(=O)CSc2nnc(C)s2)C1. The van der Waals surface area contributed by atoms with Gasteiger partial charge < -0.3 is 9.64 Å². The molecule has 0 unspecified atom stereocenters. The Hall–Kier alpha value is -2.19. The van der Waals surface area contributed by atoms with E-state index in [-0.39, 0.29) is 11.9 Å². The first-order valence-electron chi connectivity index (χ1n) is 10.1. The van der Waals surface area contributed by atoms with Crippen molar-refractivity contribution in [1.82, 2.24) is 15.1 Å². The molecule has 0 radical (unpaired) electrons. The molecule has 6 nitrogen and oxygen atoms in total. The van der Waals surface area contributed by atoms with Gasteiger partial charge in [0.1, 0.15) is 5.01 Å². The number of rotatable bonds is 8. The van der Waals surface area contributed by atoms with E-state index in [4.69, 9.17) is 4.74 Å². The third-order valence-electron chi connectivity index (χ3n) is 5.08. The van der Waals surface area contributed by atoms with Crippen LogP contribution in [0, 0.1) is 12.3 Å². The number of carbonyl (C=O) groups excluding carboxylic acids is 2. The van der Waals surface area contributed by atoms with E-state index >= 15 is 0 Å². The zero-order valence-electron chi connectivity index (χ0n) is 17.4. The number of amides is 1. The smallest absolute Gasteiger partial charge is 0.314 e. The van der Waals surface area contributed by atoms with Crippen molar-refractivity contribution in [3.63, 3.8) is 0 Å². The van der Waals surface area contributed by atoms with Gasteiger partial charge >= 0.3 is 5.97 Å². The normalized spacial score (nSPS) is 19.2. The van der Waals surface area contributed by atoms with Crippen LogP contribution in [0.5, 0.6) is 0 Å². The molecule has 2 aromatic rings. The standard InChI is InChI=1S/C22H27N3O3S2/c1-3-28-20(27)22(12-7-11-18-9-5-4-6-10-18)13-8-14-25(16-22)19(26)15-29-21-24-23-17(2)30-21/h4-7,9-11H,3,8,12-16H2,1-2H3/b11-7+/t22-/m0/s1. The Kier molecular flexibility index (Phi) is 8.04. The Bertz CT molecular complexity index is 885. The topological polar surface area (TPSA) is 72.4 Å². The molecule has 1 aliphatic rings. The number of aryl methyl sites for hydroxylation is 1. The number of hydrogen-bond acceptors (Lipinski definition) is 7. The molecule has 30 heavy (non-hydrogen) atoms. The van der Waals surface area contributed by atoms with Crippen molar-refractivity contribution in [2.45, 2.75) is 37.4 Å². The molecule has 0 N–H and O–H groups in total. The molecular weight excluding hydrogens is 418 g/mol. The molecule has 8 heteroatoms. The lowest BCUT2D eigenvalue weighted by Gasteiger charge is -2.40. The molecule has 0 spiro atoms. The summed E-state index contributed by atoms with van der Waals surface area (Å²) >= 11 is 2.88. The number of likely N-dealkylation sites (tertiary alicyclic amines) is 1. The van der Waals surface area contributed by atoms with E-state index in [1.165, 1.54) is 23.1 Å². The summed E-state index contributed by atoms with van der Waals surface area (Å²) in [5, 5.41) is 8.93. The number of aromatic nitrogens is 2. The summed E-state index contributed by atoms with van der Waals surface area (Å²) in [6, 6.07) is 9.99. The van der Waals surface area contributed by atoms with Gasteiger partial charge in [-0.15, -0.1) is 10.2 Å². The first-order valence-corrected chi connectivity index (χ1v) is 11.9. The molecule has 3 rings (SSSR count). The predicted octanol–water partition coefficient (Wildman–Crippen LogP) is 4.21. The average molecular weight is 446 g/mol. The van der Waals surface area contributed by atoms with Crippen molar-refractivity contribution in [1.29, 1.82) is 0 Å². The first kappa shape index (κ1) is 22.5. The van der Waals surface area contributed by atoms with Crippen molar-refractivity contribution in [3.8, 4) is 0 Å². The summed E-state index contributed by atoms with van der Waals surface area (Å²) < 4.78 is 6.21. The van der Waals surface area contributed by atoms with Crippen LogP contribution in [0.2, 0.25) is 0 Å². The monoisotopic (exact) mass is 445 g/mol. The van der Waals surface area contributed by atoms with E-state index in [0.29, 0.717) is 31.9 Å². The quantitative estimate of drug-likeness (QED) is 0.448. The molecule has 1 saturated heterocycles. The molecule has 1 amide bonds. The summed E-state index contributed by atoms with van der Waals surface area (Å²) in [6.07, 6.45) is 6.10. The molecule has 0 saturated carbocycles. The van der Waals surface area contributed by atoms with Gasteiger partial charge in [-0.05, 0) is 38.7 Å². The molecular formula is C22H27N3O3S2. The van der Waals surface area contributed by atoms with Crippen LogP contribution in [0.15, 0.2) is 40.7 Å². The van der Waals surface area contributed by atoms with E-state index in [9.17, 15) is 9.59 Å². The van der Waals surface area contributed by atoms with Crippen LogP contribution in [-0.2, 0) is 14.3 Å². The Morgan fingerprint density at radius 1 is 1.30 bits per heavy atom. The maximum absolute atomic E-state index is 12.9. The molecule has 2 heterocycles. The molecule has 1 aliphatic heterocycles. The Labute approximate surface area is 185 Å². The van der Waals surface area contributed by atoms with E-state index < -0.39 is 5.41 Å². The Morgan fingerprint density at radius 2 is 2.10 bits per heavy atom. The predicted molar refractivity (Wildman–Crippen MR) is 120 cm³/mol. The highest BCUT2D eigenvalue weighted by atomic mass is 32.2. The van der Waals surface area contributed by atoms with Gasteiger partial charge in [0.25, 0.3) is 0 Å². The highest BCUT2D eigenvalue weighted by molar-refractivity contribution is 8.01. The summed E-state index contributed by atoms with van der Waals surface area (Å²) in [5.74, 6) is 0.105. The van der Waals surface area contributed by atoms with Gasteiger partial charge in [0.05, 0.1) is 17.8 Å². The highest BCUT2D eigenvalue weighted by Crippen LogP contribution is 2.36. The van der Waals surface area contributed by atoms with Crippen molar-refractivity contribution < 1.29 is 14.3 Å². The summed E-state index contributed by atoms with van der Waals surface area (Å²) in [7, 11) is 0. The molecule has 0 aliphatic carbocycles. The molecule has 1 aromatic heterocycles. The van der Waals surface area contributed by atoms with Gasteiger partial charge in [0, 0.05) is 13.1 Å². The minimum atomic E-state index is -0.695. The van der Waals surface area contributed by atoms with Crippen LogP contribution in [-0.4, -0.2) is 52.4 Å². The lowest BCUT2D eigenvalue weighted by atomic mass is 9.76. The first-order chi connectivity index (χ1) is 14.5. The number of allylic oxidation sites excluding steroid dienone is 1. The molecule has 1 fully saturated rings. The second-order valence-corrected chi connectivity index (χ2v) is 9.72. The van der Waals surface area contributed by atoms with Gasteiger partial charge in [0.15, 0.2) is 4.34 Å². The number of thioether (sulfide) groups is 1.